The van der Waals surface area contributed by atoms with Crippen molar-refractivity contribution in [1.82, 2.24) is 8.61 Å². The summed E-state index contributed by atoms with van der Waals surface area (Å²) in [5.74, 6) is 0.467. The minimum Gasteiger partial charge on any atom is -0.395 e. The van der Waals surface area contributed by atoms with Crippen LogP contribution in [0.5, 0.6) is 0 Å². The van der Waals surface area contributed by atoms with Gasteiger partial charge in [0, 0.05) is 32.3 Å². The van der Waals surface area contributed by atoms with Crippen LogP contribution in [0, 0.1) is 5.92 Å². The lowest BCUT2D eigenvalue weighted by Crippen LogP contribution is -2.55. The Labute approximate surface area is 128 Å². The second kappa shape index (κ2) is 7.37. The molecule has 1 saturated carbocycles. The lowest BCUT2D eigenvalue weighted by molar-refractivity contribution is 0.131. The summed E-state index contributed by atoms with van der Waals surface area (Å²) >= 11 is 0. The van der Waals surface area contributed by atoms with E-state index in [4.69, 9.17) is 4.74 Å². The first-order valence-corrected chi connectivity index (χ1v) is 9.30. The van der Waals surface area contributed by atoms with Crippen LogP contribution in [0.25, 0.3) is 0 Å². The third-order valence-electron chi connectivity index (χ3n) is 4.65. The van der Waals surface area contributed by atoms with Gasteiger partial charge in [0.1, 0.15) is 0 Å². The number of hydrogen-bond donors (Lipinski definition) is 1. The van der Waals surface area contributed by atoms with E-state index in [0.29, 0.717) is 25.6 Å². The Kier molecular flexibility index (Phi) is 6.02. The summed E-state index contributed by atoms with van der Waals surface area (Å²) in [6, 6.07) is -0.272. The molecule has 0 bridgehead atoms. The number of nitrogens with zero attached hydrogens (tertiary/aromatic N) is 2. The van der Waals surface area contributed by atoms with E-state index in [9.17, 15) is 13.5 Å². The van der Waals surface area contributed by atoms with Gasteiger partial charge in [-0.05, 0) is 38.5 Å². The SMILES string of the molecule is COCCN(C(C)C1CC1)S(=O)(=O)N1CCCCC1CO. The van der Waals surface area contributed by atoms with Crippen molar-refractivity contribution in [3.8, 4) is 0 Å². The number of aliphatic hydroxyl groups is 1. The van der Waals surface area contributed by atoms with Gasteiger partial charge < -0.3 is 9.84 Å². The Morgan fingerprint density at radius 2 is 2.05 bits per heavy atom. The maximum absolute atomic E-state index is 13.0. The highest BCUT2D eigenvalue weighted by molar-refractivity contribution is 7.86. The molecule has 6 nitrogen and oxygen atoms in total. The van der Waals surface area contributed by atoms with Crippen LogP contribution in [0.3, 0.4) is 0 Å². The number of piperidine rings is 1. The molecule has 1 aliphatic heterocycles. The highest BCUT2D eigenvalue weighted by Crippen LogP contribution is 2.37. The van der Waals surface area contributed by atoms with Gasteiger partial charge in [0.2, 0.25) is 0 Å². The van der Waals surface area contributed by atoms with Crippen LogP contribution in [0.1, 0.15) is 39.0 Å². The first-order valence-electron chi connectivity index (χ1n) is 7.90. The average molecular weight is 320 g/mol. The zero-order chi connectivity index (χ0) is 15.5. The summed E-state index contributed by atoms with van der Waals surface area (Å²) in [6.45, 7) is 3.17. The van der Waals surface area contributed by atoms with Gasteiger partial charge in [-0.3, -0.25) is 0 Å². The van der Waals surface area contributed by atoms with E-state index in [1.54, 1.807) is 11.4 Å². The van der Waals surface area contributed by atoms with Gasteiger partial charge in [-0.1, -0.05) is 6.42 Å². The van der Waals surface area contributed by atoms with E-state index >= 15 is 0 Å². The van der Waals surface area contributed by atoms with E-state index in [2.05, 4.69) is 0 Å². The predicted molar refractivity (Wildman–Crippen MR) is 81.1 cm³/mol. The van der Waals surface area contributed by atoms with E-state index < -0.39 is 10.2 Å². The number of ether oxygens (including phenoxy) is 1. The van der Waals surface area contributed by atoms with E-state index in [1.165, 1.54) is 4.31 Å². The fraction of sp³-hybridized carbons (Fsp3) is 1.00. The Bertz CT molecular complexity index is 425. The van der Waals surface area contributed by atoms with E-state index in [0.717, 1.165) is 32.1 Å². The normalized spacial score (nSPS) is 26.2. The minimum absolute atomic E-state index is 0.00594. The lowest BCUT2D eigenvalue weighted by Gasteiger charge is -2.39. The van der Waals surface area contributed by atoms with Gasteiger partial charge in [-0.2, -0.15) is 17.0 Å². The third kappa shape index (κ3) is 3.96. The molecule has 0 aromatic rings. The fourth-order valence-corrected chi connectivity index (χ4v) is 5.19. The smallest absolute Gasteiger partial charge is 0.282 e. The molecule has 0 radical (unpaired) electrons. The molecule has 2 aliphatic rings. The number of rotatable bonds is 8. The lowest BCUT2D eigenvalue weighted by atomic mass is 10.1. The number of methoxy groups -OCH3 is 1. The van der Waals surface area contributed by atoms with Gasteiger partial charge in [-0.25, -0.2) is 0 Å². The highest BCUT2D eigenvalue weighted by Gasteiger charge is 2.42. The standard InChI is InChI=1S/C14H28N2O4S/c1-12(13-6-7-13)15(9-10-20-2)21(18,19)16-8-4-3-5-14(16)11-17/h12-14,17H,3-11H2,1-2H3. The van der Waals surface area contributed by atoms with Crippen LogP contribution in [0.2, 0.25) is 0 Å². The average Bonchev–Trinajstić information content (AvgIpc) is 3.31. The molecule has 1 N–H and O–H groups in total. The van der Waals surface area contributed by atoms with Crippen LogP contribution in [-0.2, 0) is 14.9 Å². The third-order valence-corrected chi connectivity index (χ3v) is 6.83. The molecule has 1 heterocycles. The van der Waals surface area contributed by atoms with Crippen LogP contribution in [0.4, 0.5) is 0 Å². The maximum atomic E-state index is 13.0. The second-order valence-electron chi connectivity index (χ2n) is 6.13. The van der Waals surface area contributed by atoms with Crippen molar-refractivity contribution in [3.63, 3.8) is 0 Å². The summed E-state index contributed by atoms with van der Waals surface area (Å²) in [4.78, 5) is 0. The quantitative estimate of drug-likeness (QED) is 0.719. The van der Waals surface area contributed by atoms with Crippen molar-refractivity contribution in [2.45, 2.75) is 51.1 Å². The molecule has 2 fully saturated rings. The topological polar surface area (TPSA) is 70.1 Å². The van der Waals surface area contributed by atoms with Crippen molar-refractivity contribution in [3.05, 3.63) is 0 Å². The van der Waals surface area contributed by atoms with E-state index in [1.807, 2.05) is 6.92 Å². The van der Waals surface area contributed by atoms with Crippen molar-refractivity contribution in [1.29, 1.82) is 0 Å². The van der Waals surface area contributed by atoms with Crippen molar-refractivity contribution in [2.24, 2.45) is 5.92 Å². The minimum atomic E-state index is -3.54. The molecule has 1 aliphatic carbocycles. The molecule has 2 unspecified atom stereocenters. The Morgan fingerprint density at radius 3 is 2.62 bits per heavy atom. The summed E-state index contributed by atoms with van der Waals surface area (Å²) < 4.78 is 34.2. The summed E-state index contributed by atoms with van der Waals surface area (Å²) in [5, 5.41) is 9.49. The van der Waals surface area contributed by atoms with Crippen LogP contribution in [-0.4, -0.2) is 67.6 Å². The first-order chi connectivity index (χ1) is 10.0. The molecular weight excluding hydrogens is 292 g/mol. The zero-order valence-corrected chi connectivity index (χ0v) is 13.9. The molecule has 1 saturated heterocycles. The highest BCUT2D eigenvalue weighted by atomic mass is 32.2. The van der Waals surface area contributed by atoms with Crippen LogP contribution < -0.4 is 0 Å². The molecule has 0 aromatic carbocycles. The van der Waals surface area contributed by atoms with Crippen molar-refractivity contribution in [2.75, 3.05) is 33.4 Å². The predicted octanol–water partition coefficient (Wildman–Crippen LogP) is 0.825. The van der Waals surface area contributed by atoms with Gasteiger partial charge in [-0.15, -0.1) is 0 Å². The first kappa shape index (κ1) is 17.1. The monoisotopic (exact) mass is 320 g/mol. The van der Waals surface area contributed by atoms with Crippen molar-refractivity contribution < 1.29 is 18.3 Å². The summed E-state index contributed by atoms with van der Waals surface area (Å²) in [5.41, 5.74) is 0. The van der Waals surface area contributed by atoms with Crippen LogP contribution >= 0.6 is 0 Å². The molecular formula is C14H28N2O4S. The van der Waals surface area contributed by atoms with Gasteiger partial charge in [0.25, 0.3) is 10.2 Å². The van der Waals surface area contributed by atoms with Gasteiger partial charge >= 0.3 is 0 Å². The molecule has 124 valence electrons. The zero-order valence-electron chi connectivity index (χ0n) is 13.1. The van der Waals surface area contributed by atoms with Crippen LogP contribution in [0.15, 0.2) is 0 Å². The summed E-state index contributed by atoms with van der Waals surface area (Å²) in [6.07, 6.45) is 4.79. The molecule has 0 aromatic heterocycles. The molecule has 2 rings (SSSR count). The van der Waals surface area contributed by atoms with Gasteiger partial charge in [0.15, 0.2) is 0 Å². The molecule has 2 atom stereocenters. The van der Waals surface area contributed by atoms with Crippen molar-refractivity contribution >= 4 is 10.2 Å². The van der Waals surface area contributed by atoms with E-state index in [-0.39, 0.29) is 18.7 Å². The Morgan fingerprint density at radius 1 is 1.33 bits per heavy atom. The molecule has 7 heteroatoms. The number of hydrogen-bond acceptors (Lipinski definition) is 4. The van der Waals surface area contributed by atoms with Gasteiger partial charge in [0.05, 0.1) is 13.2 Å². The largest absolute Gasteiger partial charge is 0.395 e. The number of aliphatic hydroxyl groups excluding tert-OH is 1. The molecule has 0 amide bonds. The molecule has 21 heavy (non-hydrogen) atoms. The second-order valence-corrected chi connectivity index (χ2v) is 7.97. The summed E-state index contributed by atoms with van der Waals surface area (Å²) in [7, 11) is -1.95. The maximum Gasteiger partial charge on any atom is 0.282 e. The fourth-order valence-electron chi connectivity index (χ4n) is 3.12. The Balaban J connectivity index is 2.18. The molecule has 0 spiro atoms. The Hall–Kier alpha value is -0.210.